The molecule has 3 rings (SSSR count). The fourth-order valence-corrected chi connectivity index (χ4v) is 2.70. The van der Waals surface area contributed by atoms with E-state index in [2.05, 4.69) is 17.4 Å². The quantitative estimate of drug-likeness (QED) is 0.898. The molecule has 1 N–H and O–H groups in total. The van der Waals surface area contributed by atoms with Gasteiger partial charge in [0.25, 0.3) is 0 Å². The van der Waals surface area contributed by atoms with Gasteiger partial charge < -0.3 is 5.32 Å². The van der Waals surface area contributed by atoms with Crippen LogP contribution < -0.4 is 5.32 Å². The minimum atomic E-state index is 0.0701. The van der Waals surface area contributed by atoms with E-state index in [4.69, 9.17) is 0 Å². The second-order valence-corrected chi connectivity index (χ2v) is 5.50. The maximum atomic E-state index is 12.3. The summed E-state index contributed by atoms with van der Waals surface area (Å²) >= 11 is 0. The Balaban J connectivity index is 1.59. The third kappa shape index (κ3) is 2.74. The first kappa shape index (κ1) is 12.9. The van der Waals surface area contributed by atoms with Crippen molar-refractivity contribution in [3.8, 4) is 0 Å². The Morgan fingerprint density at radius 2 is 1.65 bits per heavy atom. The van der Waals surface area contributed by atoms with Crippen LogP contribution in [0.5, 0.6) is 0 Å². The van der Waals surface area contributed by atoms with E-state index in [9.17, 15) is 4.79 Å². The van der Waals surface area contributed by atoms with E-state index in [1.807, 2.05) is 55.5 Å². The topological polar surface area (TPSA) is 29.1 Å². The van der Waals surface area contributed by atoms with Gasteiger partial charge in [-0.05, 0) is 30.4 Å². The summed E-state index contributed by atoms with van der Waals surface area (Å²) in [6.45, 7) is 2.03. The zero-order valence-corrected chi connectivity index (χ0v) is 11.6. The van der Waals surface area contributed by atoms with Crippen molar-refractivity contribution < 1.29 is 4.79 Å². The van der Waals surface area contributed by atoms with Gasteiger partial charge in [0, 0.05) is 5.92 Å². The molecule has 2 nitrogen and oxygen atoms in total. The van der Waals surface area contributed by atoms with E-state index >= 15 is 0 Å². The summed E-state index contributed by atoms with van der Waals surface area (Å²) in [5.74, 6) is 0.720. The summed E-state index contributed by atoms with van der Waals surface area (Å²) in [6, 6.07) is 20.5. The first-order chi connectivity index (χ1) is 9.75. The van der Waals surface area contributed by atoms with Crippen LogP contribution in [0, 0.1) is 5.92 Å². The Labute approximate surface area is 119 Å². The van der Waals surface area contributed by atoms with E-state index in [-0.39, 0.29) is 17.9 Å². The van der Waals surface area contributed by atoms with Crippen molar-refractivity contribution in [3.05, 3.63) is 71.8 Å². The Kier molecular flexibility index (Phi) is 3.55. The zero-order valence-electron chi connectivity index (χ0n) is 11.6. The van der Waals surface area contributed by atoms with E-state index in [0.717, 1.165) is 12.0 Å². The SMILES string of the molecule is C[C@H](NC(=O)[C@@H]1C[C@H]1c1ccccc1)c1ccccc1. The molecule has 20 heavy (non-hydrogen) atoms. The fourth-order valence-electron chi connectivity index (χ4n) is 2.70. The molecule has 0 aliphatic heterocycles. The average molecular weight is 265 g/mol. The highest BCUT2D eigenvalue weighted by atomic mass is 16.2. The number of carbonyl (C=O) groups is 1. The minimum Gasteiger partial charge on any atom is -0.349 e. The van der Waals surface area contributed by atoms with E-state index in [1.54, 1.807) is 0 Å². The van der Waals surface area contributed by atoms with Crippen molar-refractivity contribution in [1.82, 2.24) is 5.32 Å². The number of amides is 1. The Bertz CT molecular complexity index is 579. The van der Waals surface area contributed by atoms with Gasteiger partial charge in [0.15, 0.2) is 0 Å². The third-order valence-electron chi connectivity index (χ3n) is 4.01. The van der Waals surface area contributed by atoms with Crippen LogP contribution in [0.4, 0.5) is 0 Å². The van der Waals surface area contributed by atoms with Gasteiger partial charge in [-0.1, -0.05) is 60.7 Å². The first-order valence-corrected chi connectivity index (χ1v) is 7.16. The molecule has 2 aromatic carbocycles. The zero-order chi connectivity index (χ0) is 13.9. The van der Waals surface area contributed by atoms with Gasteiger partial charge in [0.1, 0.15) is 0 Å². The molecule has 1 saturated carbocycles. The Hall–Kier alpha value is -2.09. The highest BCUT2D eigenvalue weighted by molar-refractivity contribution is 5.83. The second kappa shape index (κ2) is 5.49. The highest BCUT2D eigenvalue weighted by Crippen LogP contribution is 2.47. The van der Waals surface area contributed by atoms with Gasteiger partial charge in [-0.2, -0.15) is 0 Å². The first-order valence-electron chi connectivity index (χ1n) is 7.16. The maximum absolute atomic E-state index is 12.3. The number of carbonyl (C=O) groups excluding carboxylic acids is 1. The lowest BCUT2D eigenvalue weighted by Crippen LogP contribution is -2.28. The molecule has 0 bridgehead atoms. The van der Waals surface area contributed by atoms with E-state index < -0.39 is 0 Å². The average Bonchev–Trinajstić information content (AvgIpc) is 3.29. The summed E-state index contributed by atoms with van der Waals surface area (Å²) in [6.07, 6.45) is 0.970. The molecular weight excluding hydrogens is 246 g/mol. The van der Waals surface area contributed by atoms with Crippen LogP contribution in [-0.4, -0.2) is 5.91 Å². The largest absolute Gasteiger partial charge is 0.349 e. The molecule has 0 unspecified atom stereocenters. The monoisotopic (exact) mass is 265 g/mol. The van der Waals surface area contributed by atoms with E-state index in [1.165, 1.54) is 5.56 Å². The number of benzene rings is 2. The molecule has 0 heterocycles. The molecule has 102 valence electrons. The fraction of sp³-hybridized carbons (Fsp3) is 0.278. The molecule has 3 atom stereocenters. The van der Waals surface area contributed by atoms with Crippen molar-refractivity contribution >= 4 is 5.91 Å². The molecule has 2 heteroatoms. The molecule has 0 spiro atoms. The highest BCUT2D eigenvalue weighted by Gasteiger charge is 2.44. The summed E-state index contributed by atoms with van der Waals surface area (Å²) in [7, 11) is 0. The third-order valence-corrected chi connectivity index (χ3v) is 4.01. The van der Waals surface area contributed by atoms with Crippen LogP contribution in [0.25, 0.3) is 0 Å². The van der Waals surface area contributed by atoms with Crippen LogP contribution >= 0.6 is 0 Å². The Morgan fingerprint density at radius 1 is 1.05 bits per heavy atom. The molecule has 1 fully saturated rings. The Morgan fingerprint density at radius 3 is 2.30 bits per heavy atom. The van der Waals surface area contributed by atoms with Crippen LogP contribution in [-0.2, 0) is 4.79 Å². The second-order valence-electron chi connectivity index (χ2n) is 5.50. The van der Waals surface area contributed by atoms with Crippen LogP contribution in [0.1, 0.15) is 36.4 Å². The lowest BCUT2D eigenvalue weighted by molar-refractivity contribution is -0.123. The van der Waals surface area contributed by atoms with Crippen LogP contribution in [0.2, 0.25) is 0 Å². The molecule has 0 aromatic heterocycles. The standard InChI is InChI=1S/C18H19NO/c1-13(14-8-4-2-5-9-14)19-18(20)17-12-16(17)15-10-6-3-7-11-15/h2-11,13,16-17H,12H2,1H3,(H,19,20)/t13-,16-,17+/m0/s1. The summed E-state index contributed by atoms with van der Waals surface area (Å²) in [5.41, 5.74) is 2.43. The van der Waals surface area contributed by atoms with Gasteiger partial charge in [-0.15, -0.1) is 0 Å². The number of hydrogen-bond acceptors (Lipinski definition) is 1. The summed E-state index contributed by atoms with van der Waals surface area (Å²) in [4.78, 5) is 12.3. The van der Waals surface area contributed by atoms with Crippen molar-refractivity contribution in [3.63, 3.8) is 0 Å². The molecule has 1 amide bonds. The van der Waals surface area contributed by atoms with Gasteiger partial charge in [-0.3, -0.25) is 4.79 Å². The van der Waals surface area contributed by atoms with E-state index in [0.29, 0.717) is 5.92 Å². The molecule has 0 radical (unpaired) electrons. The van der Waals surface area contributed by atoms with Gasteiger partial charge >= 0.3 is 0 Å². The predicted molar refractivity (Wildman–Crippen MR) is 80.3 cm³/mol. The van der Waals surface area contributed by atoms with Crippen LogP contribution in [0.3, 0.4) is 0 Å². The molecular formula is C18H19NO. The van der Waals surface area contributed by atoms with Crippen molar-refractivity contribution in [1.29, 1.82) is 0 Å². The molecule has 1 aliphatic rings. The minimum absolute atomic E-state index is 0.0701. The summed E-state index contributed by atoms with van der Waals surface area (Å²) < 4.78 is 0. The van der Waals surface area contributed by atoms with Crippen molar-refractivity contribution in [2.75, 3.05) is 0 Å². The number of rotatable bonds is 4. The molecule has 1 aliphatic carbocycles. The van der Waals surface area contributed by atoms with Crippen LogP contribution in [0.15, 0.2) is 60.7 Å². The predicted octanol–water partition coefficient (Wildman–Crippen LogP) is 3.67. The van der Waals surface area contributed by atoms with Gasteiger partial charge in [0.05, 0.1) is 6.04 Å². The maximum Gasteiger partial charge on any atom is 0.224 e. The van der Waals surface area contributed by atoms with Gasteiger partial charge in [-0.25, -0.2) is 0 Å². The lowest BCUT2D eigenvalue weighted by Gasteiger charge is -2.14. The number of nitrogens with one attached hydrogen (secondary N) is 1. The lowest BCUT2D eigenvalue weighted by atomic mass is 10.1. The molecule has 0 saturated heterocycles. The molecule has 2 aromatic rings. The van der Waals surface area contributed by atoms with Crippen molar-refractivity contribution in [2.45, 2.75) is 25.3 Å². The van der Waals surface area contributed by atoms with Gasteiger partial charge in [0.2, 0.25) is 5.91 Å². The number of hydrogen-bond donors (Lipinski definition) is 1. The normalized spacial score (nSPS) is 22.1. The van der Waals surface area contributed by atoms with Crippen molar-refractivity contribution in [2.24, 2.45) is 5.92 Å². The summed E-state index contributed by atoms with van der Waals surface area (Å²) in [5, 5.41) is 3.12. The smallest absolute Gasteiger partial charge is 0.224 e.